The lowest BCUT2D eigenvalue weighted by molar-refractivity contribution is -0.121. The van der Waals surface area contributed by atoms with Gasteiger partial charge in [-0.25, -0.2) is 10.4 Å². The number of aromatic nitrogens is 3. The molecule has 8 nitrogen and oxygen atoms in total. The third-order valence-corrected chi connectivity index (χ3v) is 4.69. The topological polar surface area (TPSA) is 101 Å². The number of carbonyl (C=O) groups excluding carboxylic acids is 2. The number of carbonyl (C=O) groups is 2. The molecule has 0 saturated heterocycles. The minimum absolute atomic E-state index is 0.191. The molecule has 2 N–H and O–H groups in total. The summed E-state index contributed by atoms with van der Waals surface area (Å²) in [6, 6.07) is 9.80. The van der Waals surface area contributed by atoms with E-state index in [1.54, 1.807) is 10.7 Å². The number of nitrogens with one attached hydrogen (secondary N) is 2. The number of hydrazone groups is 1. The Kier molecular flexibility index (Phi) is 4.38. The summed E-state index contributed by atoms with van der Waals surface area (Å²) >= 11 is 0. The van der Waals surface area contributed by atoms with Crippen molar-refractivity contribution in [1.29, 1.82) is 0 Å². The van der Waals surface area contributed by atoms with Crippen molar-refractivity contribution < 1.29 is 9.59 Å². The van der Waals surface area contributed by atoms with Crippen molar-refractivity contribution in [2.45, 2.75) is 33.6 Å². The molecule has 3 heterocycles. The number of rotatable bonds is 3. The van der Waals surface area contributed by atoms with Crippen LogP contribution in [0, 0.1) is 20.8 Å². The van der Waals surface area contributed by atoms with Gasteiger partial charge in [-0.05, 0) is 38.0 Å². The molecule has 142 valence electrons. The van der Waals surface area contributed by atoms with E-state index >= 15 is 0 Å². The normalized spacial score (nSPS) is 14.0. The van der Waals surface area contributed by atoms with Crippen LogP contribution in [0.1, 0.15) is 29.7 Å². The SMILES string of the molecule is Cc1cc(NC(=O)C2=NNC(=O)CC2)n(-c2cc(C)c3cccc(C)c3n2)n1. The summed E-state index contributed by atoms with van der Waals surface area (Å²) < 4.78 is 1.62. The number of hydrogen-bond acceptors (Lipinski definition) is 5. The first kappa shape index (κ1) is 17.8. The smallest absolute Gasteiger partial charge is 0.273 e. The van der Waals surface area contributed by atoms with E-state index in [2.05, 4.69) is 20.9 Å². The first-order valence-corrected chi connectivity index (χ1v) is 9.03. The zero-order valence-corrected chi connectivity index (χ0v) is 15.9. The van der Waals surface area contributed by atoms with Gasteiger partial charge in [-0.3, -0.25) is 9.59 Å². The maximum atomic E-state index is 12.5. The molecular formula is C20H20N6O2. The second kappa shape index (κ2) is 6.88. The molecule has 1 aromatic carbocycles. The minimum Gasteiger partial charge on any atom is -0.305 e. The fourth-order valence-electron chi connectivity index (χ4n) is 3.24. The summed E-state index contributed by atoms with van der Waals surface area (Å²) in [4.78, 5) is 28.5. The molecule has 4 rings (SSSR count). The maximum Gasteiger partial charge on any atom is 0.273 e. The highest BCUT2D eigenvalue weighted by atomic mass is 16.2. The highest BCUT2D eigenvalue weighted by molar-refractivity contribution is 6.43. The molecule has 0 aliphatic carbocycles. The molecule has 1 aliphatic rings. The summed E-state index contributed by atoms with van der Waals surface area (Å²) in [7, 11) is 0. The van der Waals surface area contributed by atoms with Crippen molar-refractivity contribution in [3.05, 3.63) is 47.2 Å². The standard InChI is InChI=1S/C20H20N6O2/c1-11-5-4-6-14-12(2)9-16(21-19(11)14)26-17(10-13(3)25-26)22-20(28)15-7-8-18(27)24-23-15/h4-6,9-10H,7-8H2,1-3H3,(H,22,28)(H,24,27). The Labute approximate surface area is 161 Å². The van der Waals surface area contributed by atoms with E-state index in [1.807, 2.05) is 45.0 Å². The molecule has 3 aromatic rings. The van der Waals surface area contributed by atoms with Gasteiger partial charge in [-0.15, -0.1) is 0 Å². The van der Waals surface area contributed by atoms with Crippen LogP contribution in [0.4, 0.5) is 5.82 Å². The van der Waals surface area contributed by atoms with Gasteiger partial charge in [0.05, 0.1) is 11.2 Å². The van der Waals surface area contributed by atoms with Crippen molar-refractivity contribution in [2.75, 3.05) is 5.32 Å². The van der Waals surface area contributed by atoms with Gasteiger partial charge in [-0.2, -0.15) is 14.9 Å². The molecule has 1 aliphatic heterocycles. The Morgan fingerprint density at radius 1 is 1.14 bits per heavy atom. The van der Waals surface area contributed by atoms with E-state index in [1.165, 1.54) is 0 Å². The van der Waals surface area contributed by atoms with E-state index in [4.69, 9.17) is 4.98 Å². The molecule has 0 fully saturated rings. The second-order valence-corrected chi connectivity index (χ2v) is 6.90. The van der Waals surface area contributed by atoms with Crippen molar-refractivity contribution in [2.24, 2.45) is 5.10 Å². The molecule has 0 spiro atoms. The van der Waals surface area contributed by atoms with E-state index in [0.717, 1.165) is 27.7 Å². The molecule has 2 aromatic heterocycles. The van der Waals surface area contributed by atoms with Crippen LogP contribution in [0.3, 0.4) is 0 Å². The van der Waals surface area contributed by atoms with Crippen LogP contribution in [0.5, 0.6) is 0 Å². The first-order chi connectivity index (χ1) is 13.4. The Morgan fingerprint density at radius 2 is 1.96 bits per heavy atom. The van der Waals surface area contributed by atoms with Crippen molar-refractivity contribution in [1.82, 2.24) is 20.2 Å². The molecule has 0 bridgehead atoms. The van der Waals surface area contributed by atoms with Gasteiger partial charge in [0.15, 0.2) is 5.82 Å². The molecule has 0 atom stereocenters. The largest absolute Gasteiger partial charge is 0.305 e. The number of hydrogen-bond donors (Lipinski definition) is 2. The zero-order valence-electron chi connectivity index (χ0n) is 15.9. The number of nitrogens with zero attached hydrogens (tertiary/aromatic N) is 4. The highest BCUT2D eigenvalue weighted by Gasteiger charge is 2.20. The number of aryl methyl sites for hydroxylation is 3. The fraction of sp³-hybridized carbons (Fsp3) is 0.250. The van der Waals surface area contributed by atoms with Gasteiger partial charge in [0.1, 0.15) is 11.5 Å². The molecule has 28 heavy (non-hydrogen) atoms. The van der Waals surface area contributed by atoms with Crippen LogP contribution in [0.25, 0.3) is 16.7 Å². The maximum absolute atomic E-state index is 12.5. The van der Waals surface area contributed by atoms with Gasteiger partial charge in [0.2, 0.25) is 5.91 Å². The summed E-state index contributed by atoms with van der Waals surface area (Å²) in [5.41, 5.74) is 6.42. The fourth-order valence-corrected chi connectivity index (χ4v) is 3.24. The van der Waals surface area contributed by atoms with E-state index in [0.29, 0.717) is 18.1 Å². The van der Waals surface area contributed by atoms with Crippen LogP contribution in [-0.2, 0) is 9.59 Å². The van der Waals surface area contributed by atoms with Crippen LogP contribution in [-0.4, -0.2) is 32.3 Å². The Morgan fingerprint density at radius 3 is 2.71 bits per heavy atom. The average Bonchev–Trinajstić information content (AvgIpc) is 3.03. The zero-order chi connectivity index (χ0) is 19.8. The number of benzene rings is 1. The predicted molar refractivity (Wildman–Crippen MR) is 107 cm³/mol. The van der Waals surface area contributed by atoms with Gasteiger partial charge in [0.25, 0.3) is 5.91 Å². The number of pyridine rings is 1. The minimum atomic E-state index is -0.366. The number of amides is 2. The van der Waals surface area contributed by atoms with Gasteiger partial charge in [0, 0.05) is 24.3 Å². The van der Waals surface area contributed by atoms with E-state index in [-0.39, 0.29) is 23.9 Å². The third kappa shape index (κ3) is 3.24. The van der Waals surface area contributed by atoms with Gasteiger partial charge in [-0.1, -0.05) is 18.2 Å². The van der Waals surface area contributed by atoms with Crippen LogP contribution in [0.2, 0.25) is 0 Å². The van der Waals surface area contributed by atoms with Gasteiger partial charge < -0.3 is 5.32 Å². The molecule has 0 radical (unpaired) electrons. The molecule has 0 saturated carbocycles. The highest BCUT2D eigenvalue weighted by Crippen LogP contribution is 2.24. The van der Waals surface area contributed by atoms with Crippen molar-refractivity contribution in [3.8, 4) is 5.82 Å². The van der Waals surface area contributed by atoms with Crippen molar-refractivity contribution in [3.63, 3.8) is 0 Å². The molecule has 2 amide bonds. The summed E-state index contributed by atoms with van der Waals surface area (Å²) in [5, 5.41) is 12.3. The average molecular weight is 376 g/mol. The lowest BCUT2D eigenvalue weighted by Gasteiger charge is -2.13. The first-order valence-electron chi connectivity index (χ1n) is 9.03. The van der Waals surface area contributed by atoms with E-state index in [9.17, 15) is 9.59 Å². The second-order valence-electron chi connectivity index (χ2n) is 6.90. The predicted octanol–water partition coefficient (Wildman–Crippen LogP) is 2.55. The summed E-state index contributed by atoms with van der Waals surface area (Å²) in [6.45, 7) is 5.90. The summed E-state index contributed by atoms with van der Waals surface area (Å²) in [5.74, 6) is 0.571. The number of fused-ring (bicyclic) bond motifs is 1. The van der Waals surface area contributed by atoms with Gasteiger partial charge >= 0.3 is 0 Å². The summed E-state index contributed by atoms with van der Waals surface area (Å²) in [6.07, 6.45) is 0.548. The Hall–Kier alpha value is -3.55. The quantitative estimate of drug-likeness (QED) is 0.733. The molecular weight excluding hydrogens is 356 g/mol. The van der Waals surface area contributed by atoms with Crippen LogP contribution >= 0.6 is 0 Å². The number of para-hydroxylation sites is 1. The van der Waals surface area contributed by atoms with Crippen molar-refractivity contribution >= 4 is 34.2 Å². The van der Waals surface area contributed by atoms with E-state index < -0.39 is 0 Å². The number of anilines is 1. The lowest BCUT2D eigenvalue weighted by atomic mass is 10.1. The Bertz CT molecular complexity index is 1150. The molecule has 0 unspecified atom stereocenters. The monoisotopic (exact) mass is 376 g/mol. The van der Waals surface area contributed by atoms with Crippen LogP contribution in [0.15, 0.2) is 35.4 Å². The Balaban J connectivity index is 1.72. The molecule has 8 heteroatoms. The third-order valence-electron chi connectivity index (χ3n) is 4.69. The van der Waals surface area contributed by atoms with Crippen LogP contribution < -0.4 is 10.7 Å². The lowest BCUT2D eigenvalue weighted by Crippen LogP contribution is -2.33.